The number of quaternary nitrogens is 1. The maximum absolute atomic E-state index is 10.2. The second kappa shape index (κ2) is 1.23. The summed E-state index contributed by atoms with van der Waals surface area (Å²) in [6.45, 7) is 1.90. The highest BCUT2D eigenvalue weighted by atomic mass is 16.4. The van der Waals surface area contributed by atoms with E-state index >= 15 is 0 Å². The first kappa shape index (κ1) is 5.56. The van der Waals surface area contributed by atoms with Crippen LogP contribution in [0.15, 0.2) is 0 Å². The molecular weight excluding hydrogens is 106 g/mol. The van der Waals surface area contributed by atoms with Crippen molar-refractivity contribution in [2.24, 2.45) is 5.92 Å². The van der Waals surface area contributed by atoms with Crippen LogP contribution in [0.25, 0.3) is 0 Å². The molecular formula is C5H10NO2+. The molecule has 3 heteroatoms. The Bertz CT molecular complexity index is 134. The van der Waals surface area contributed by atoms with Crippen molar-refractivity contribution in [1.82, 2.24) is 0 Å². The molecule has 2 atom stereocenters. The summed E-state index contributed by atoms with van der Waals surface area (Å²) in [4.78, 5) is 10.2. The minimum absolute atomic E-state index is 0.278. The summed E-state index contributed by atoms with van der Waals surface area (Å²) in [5.74, 6) is -0.481. The molecule has 0 saturated heterocycles. The van der Waals surface area contributed by atoms with Crippen LogP contribution in [-0.2, 0) is 4.79 Å². The highest BCUT2D eigenvalue weighted by Crippen LogP contribution is 2.38. The molecule has 3 nitrogen and oxygen atoms in total. The van der Waals surface area contributed by atoms with Gasteiger partial charge in [0.05, 0.1) is 0 Å². The molecule has 1 rings (SSSR count). The van der Waals surface area contributed by atoms with E-state index in [1.807, 2.05) is 6.92 Å². The van der Waals surface area contributed by atoms with E-state index in [0.29, 0.717) is 0 Å². The van der Waals surface area contributed by atoms with Crippen molar-refractivity contribution in [3.63, 3.8) is 0 Å². The van der Waals surface area contributed by atoms with Crippen LogP contribution in [0.3, 0.4) is 0 Å². The fourth-order valence-electron chi connectivity index (χ4n) is 0.786. The molecule has 1 fully saturated rings. The molecule has 0 aromatic rings. The third-order valence-corrected chi connectivity index (χ3v) is 1.88. The van der Waals surface area contributed by atoms with Crippen LogP contribution >= 0.6 is 0 Å². The Labute approximate surface area is 47.5 Å². The second-order valence-corrected chi connectivity index (χ2v) is 2.57. The van der Waals surface area contributed by atoms with Gasteiger partial charge in [-0.05, 0) is 0 Å². The summed E-state index contributed by atoms with van der Waals surface area (Å²) >= 11 is 0. The summed E-state index contributed by atoms with van der Waals surface area (Å²) in [5.41, 5.74) is 2.94. The minimum atomic E-state index is -0.759. The SMILES string of the molecule is C[C@@H]1C[C@@]1([NH3+])C(=O)O. The molecule has 0 aromatic heterocycles. The Hall–Kier alpha value is -0.570. The van der Waals surface area contributed by atoms with Gasteiger partial charge in [0.2, 0.25) is 0 Å². The van der Waals surface area contributed by atoms with E-state index in [0.717, 1.165) is 6.42 Å². The van der Waals surface area contributed by atoms with Crippen LogP contribution in [0.1, 0.15) is 13.3 Å². The van der Waals surface area contributed by atoms with Crippen molar-refractivity contribution < 1.29 is 15.6 Å². The molecule has 1 aliphatic rings. The number of carbonyl (C=O) groups is 1. The number of carboxylic acids is 1. The van der Waals surface area contributed by atoms with Gasteiger partial charge in [-0.25, -0.2) is 4.79 Å². The third kappa shape index (κ3) is 0.512. The first-order chi connectivity index (χ1) is 3.57. The summed E-state index contributed by atoms with van der Waals surface area (Å²) in [7, 11) is 0. The number of aliphatic carboxylic acids is 1. The lowest BCUT2D eigenvalue weighted by molar-refractivity contribution is -0.429. The molecule has 0 aliphatic heterocycles. The molecule has 46 valence electrons. The molecule has 0 amide bonds. The molecule has 0 unspecified atom stereocenters. The van der Waals surface area contributed by atoms with Crippen LogP contribution in [0.5, 0.6) is 0 Å². The lowest BCUT2D eigenvalue weighted by Gasteiger charge is -1.94. The largest absolute Gasteiger partial charge is 0.477 e. The van der Waals surface area contributed by atoms with Gasteiger partial charge in [-0.1, -0.05) is 6.92 Å². The van der Waals surface area contributed by atoms with Crippen LogP contribution in [-0.4, -0.2) is 16.6 Å². The summed E-state index contributed by atoms with van der Waals surface area (Å²) in [6, 6.07) is 0. The predicted octanol–water partition coefficient (Wildman–Crippen LogP) is -0.908. The van der Waals surface area contributed by atoms with E-state index in [1.54, 1.807) is 0 Å². The maximum atomic E-state index is 10.2. The molecule has 1 aliphatic carbocycles. The number of hydrogen-bond donors (Lipinski definition) is 2. The van der Waals surface area contributed by atoms with Gasteiger partial charge in [-0.15, -0.1) is 0 Å². The zero-order valence-corrected chi connectivity index (χ0v) is 4.85. The van der Waals surface area contributed by atoms with Crippen LogP contribution < -0.4 is 5.73 Å². The van der Waals surface area contributed by atoms with E-state index in [9.17, 15) is 4.79 Å². The van der Waals surface area contributed by atoms with Crippen LogP contribution in [0, 0.1) is 5.92 Å². The second-order valence-electron chi connectivity index (χ2n) is 2.57. The normalized spacial score (nSPS) is 44.0. The van der Waals surface area contributed by atoms with Gasteiger partial charge in [0, 0.05) is 12.3 Å². The highest BCUT2D eigenvalue weighted by Gasteiger charge is 2.59. The standard InChI is InChI=1S/C5H9NO2/c1-3-2-5(3,6)4(7)8/h3H,2,6H2,1H3,(H,7,8)/p+1/t3-,5+/m1/s1. The molecule has 1 saturated carbocycles. The smallest absolute Gasteiger partial charge is 0.365 e. The summed E-state index contributed by atoms with van der Waals surface area (Å²) < 4.78 is 0. The van der Waals surface area contributed by atoms with Crippen molar-refractivity contribution in [3.05, 3.63) is 0 Å². The van der Waals surface area contributed by atoms with Gasteiger partial charge in [0.15, 0.2) is 5.54 Å². The van der Waals surface area contributed by atoms with Crippen LogP contribution in [0.4, 0.5) is 0 Å². The van der Waals surface area contributed by atoms with E-state index < -0.39 is 11.5 Å². The van der Waals surface area contributed by atoms with Crippen molar-refractivity contribution in [2.45, 2.75) is 18.9 Å². The zero-order chi connectivity index (χ0) is 6.36. The average Bonchev–Trinajstić information content (AvgIpc) is 2.17. The zero-order valence-electron chi connectivity index (χ0n) is 4.85. The van der Waals surface area contributed by atoms with E-state index in [4.69, 9.17) is 5.11 Å². The molecule has 4 N–H and O–H groups in total. The Morgan fingerprint density at radius 1 is 2.00 bits per heavy atom. The third-order valence-electron chi connectivity index (χ3n) is 1.88. The monoisotopic (exact) mass is 116 g/mol. The molecule has 0 spiro atoms. The Balaban J connectivity index is 2.60. The quantitative estimate of drug-likeness (QED) is 0.466. The fraction of sp³-hybridized carbons (Fsp3) is 0.800. The van der Waals surface area contributed by atoms with E-state index in [1.165, 1.54) is 0 Å². The van der Waals surface area contributed by atoms with Gasteiger partial charge in [0.1, 0.15) is 0 Å². The lowest BCUT2D eigenvalue weighted by atomic mass is 10.2. The molecule has 0 radical (unpaired) electrons. The Morgan fingerprint density at radius 3 is 2.38 bits per heavy atom. The number of carboxylic acid groups (broad SMARTS) is 1. The average molecular weight is 116 g/mol. The number of hydrogen-bond acceptors (Lipinski definition) is 1. The number of rotatable bonds is 1. The van der Waals surface area contributed by atoms with Crippen molar-refractivity contribution in [1.29, 1.82) is 0 Å². The van der Waals surface area contributed by atoms with Crippen molar-refractivity contribution >= 4 is 5.97 Å². The maximum Gasteiger partial charge on any atom is 0.365 e. The van der Waals surface area contributed by atoms with Gasteiger partial charge in [-0.3, -0.25) is 0 Å². The van der Waals surface area contributed by atoms with Crippen LogP contribution in [0.2, 0.25) is 0 Å². The lowest BCUT2D eigenvalue weighted by Crippen LogP contribution is -2.69. The Kier molecular flexibility index (Phi) is 0.854. The summed E-state index contributed by atoms with van der Waals surface area (Å²) in [5, 5.41) is 8.42. The van der Waals surface area contributed by atoms with Crippen molar-refractivity contribution in [3.8, 4) is 0 Å². The molecule has 8 heavy (non-hydrogen) atoms. The Morgan fingerprint density at radius 2 is 2.38 bits per heavy atom. The van der Waals surface area contributed by atoms with Gasteiger partial charge >= 0.3 is 5.97 Å². The van der Waals surface area contributed by atoms with Gasteiger partial charge in [0.25, 0.3) is 0 Å². The molecule has 0 heterocycles. The summed E-state index contributed by atoms with van der Waals surface area (Å²) in [6.07, 6.45) is 0.738. The minimum Gasteiger partial charge on any atom is -0.477 e. The van der Waals surface area contributed by atoms with Gasteiger partial charge < -0.3 is 10.8 Å². The molecule has 0 aromatic carbocycles. The fourth-order valence-corrected chi connectivity index (χ4v) is 0.786. The first-order valence-electron chi connectivity index (χ1n) is 2.66. The first-order valence-corrected chi connectivity index (χ1v) is 2.66. The van der Waals surface area contributed by atoms with E-state index in [2.05, 4.69) is 5.73 Å². The highest BCUT2D eigenvalue weighted by molar-refractivity contribution is 5.80. The van der Waals surface area contributed by atoms with Crippen molar-refractivity contribution in [2.75, 3.05) is 0 Å². The predicted molar refractivity (Wildman–Crippen MR) is 27.0 cm³/mol. The van der Waals surface area contributed by atoms with Gasteiger partial charge in [-0.2, -0.15) is 0 Å². The molecule has 0 bridgehead atoms. The van der Waals surface area contributed by atoms with E-state index in [-0.39, 0.29) is 5.92 Å². The topological polar surface area (TPSA) is 64.9 Å².